The van der Waals surface area contributed by atoms with E-state index < -0.39 is 35.1 Å². The minimum atomic E-state index is -5.02. The number of halogens is 3. The van der Waals surface area contributed by atoms with Crippen LogP contribution in [0.2, 0.25) is 0 Å². The summed E-state index contributed by atoms with van der Waals surface area (Å²) in [5.74, 6) is -1.77. The summed E-state index contributed by atoms with van der Waals surface area (Å²) in [5, 5.41) is 21.4. The molecule has 1 unspecified atom stereocenters. The Kier molecular flexibility index (Phi) is 5.81. The zero-order chi connectivity index (χ0) is 17.9. The minimum Gasteiger partial charge on any atom is -0.503 e. The third-order valence-electron chi connectivity index (χ3n) is 3.66. The maximum Gasteiger partial charge on any atom is 0.420 e. The first-order valence-corrected chi connectivity index (χ1v) is 6.88. The van der Waals surface area contributed by atoms with Gasteiger partial charge >= 0.3 is 6.18 Å². The number of amides is 1. The van der Waals surface area contributed by atoms with Crippen molar-refractivity contribution in [1.82, 2.24) is 9.88 Å². The highest BCUT2D eigenvalue weighted by Gasteiger charge is 2.42. The van der Waals surface area contributed by atoms with Crippen LogP contribution in [0.4, 0.5) is 13.2 Å². The van der Waals surface area contributed by atoms with Crippen molar-refractivity contribution < 1.29 is 28.2 Å². The quantitative estimate of drug-likeness (QED) is 0.748. The number of carbonyl (C=O) groups is 1. The second-order valence-electron chi connectivity index (χ2n) is 5.29. The number of carbonyl (C=O) groups excluding carboxylic acids is 1. The summed E-state index contributed by atoms with van der Waals surface area (Å²) < 4.78 is 39.0. The van der Waals surface area contributed by atoms with Crippen molar-refractivity contribution in [3.8, 4) is 5.75 Å². The highest BCUT2D eigenvalue weighted by molar-refractivity contribution is 5.77. The molecule has 0 spiro atoms. The molecule has 0 aliphatic carbocycles. The predicted octanol–water partition coefficient (Wildman–Crippen LogP) is 1.00. The van der Waals surface area contributed by atoms with E-state index in [2.05, 4.69) is 5.32 Å². The lowest BCUT2D eigenvalue weighted by molar-refractivity contribution is -0.209. The molecule has 0 aliphatic rings. The number of nitrogens with one attached hydrogen (secondary N) is 1. The zero-order valence-electron chi connectivity index (χ0n) is 12.9. The number of aliphatic hydroxyl groups is 1. The van der Waals surface area contributed by atoms with E-state index >= 15 is 0 Å². The third-order valence-corrected chi connectivity index (χ3v) is 3.66. The molecule has 0 radical (unpaired) electrons. The van der Waals surface area contributed by atoms with Gasteiger partial charge in [0.25, 0.3) is 0 Å². The molecule has 1 heterocycles. The van der Waals surface area contributed by atoms with Gasteiger partial charge in [0.1, 0.15) is 5.69 Å². The van der Waals surface area contributed by atoms with E-state index in [1.807, 2.05) is 0 Å². The maximum atomic E-state index is 12.7. The van der Waals surface area contributed by atoms with Crippen molar-refractivity contribution in [2.24, 2.45) is 13.0 Å². The molecule has 1 amide bonds. The van der Waals surface area contributed by atoms with Crippen LogP contribution in [0, 0.1) is 5.92 Å². The number of nitrogens with zero attached hydrogens (tertiary/aromatic N) is 1. The average molecular weight is 336 g/mol. The molecule has 1 rings (SSSR count). The van der Waals surface area contributed by atoms with E-state index in [0.717, 1.165) is 10.6 Å². The van der Waals surface area contributed by atoms with Gasteiger partial charge in [-0.3, -0.25) is 9.59 Å². The number of alkyl halides is 3. The summed E-state index contributed by atoms with van der Waals surface area (Å²) in [4.78, 5) is 23.1. The predicted molar refractivity (Wildman–Crippen MR) is 75.9 cm³/mol. The highest BCUT2D eigenvalue weighted by Crippen LogP contribution is 2.35. The fourth-order valence-corrected chi connectivity index (χ4v) is 2.21. The Morgan fingerprint density at radius 2 is 2.00 bits per heavy atom. The van der Waals surface area contributed by atoms with Gasteiger partial charge in [0, 0.05) is 31.8 Å². The van der Waals surface area contributed by atoms with Crippen LogP contribution in [0.25, 0.3) is 0 Å². The molecule has 9 heteroatoms. The molecule has 130 valence electrons. The summed E-state index contributed by atoms with van der Waals surface area (Å²) in [6, 6.07) is 0.999. The van der Waals surface area contributed by atoms with Gasteiger partial charge in [0.05, 0.1) is 0 Å². The van der Waals surface area contributed by atoms with Crippen LogP contribution in [0.15, 0.2) is 10.9 Å². The summed E-state index contributed by atoms with van der Waals surface area (Å²) in [5.41, 5.74) is -1.74. The Bertz CT molecular complexity index is 640. The molecular weight excluding hydrogens is 317 g/mol. The lowest BCUT2D eigenvalue weighted by Crippen LogP contribution is -2.28. The third kappa shape index (κ3) is 4.25. The van der Waals surface area contributed by atoms with E-state index in [-0.39, 0.29) is 18.0 Å². The number of aliphatic hydroxyl groups excluding tert-OH is 1. The number of aromatic nitrogens is 1. The van der Waals surface area contributed by atoms with Gasteiger partial charge in [-0.1, -0.05) is 6.92 Å². The first-order valence-electron chi connectivity index (χ1n) is 6.88. The number of hydrogen-bond donors (Lipinski definition) is 3. The zero-order valence-corrected chi connectivity index (χ0v) is 12.9. The number of aryl methyl sites for hydroxylation is 1. The van der Waals surface area contributed by atoms with Crippen molar-refractivity contribution in [1.29, 1.82) is 0 Å². The smallest absolute Gasteiger partial charge is 0.420 e. The molecular formula is C14H19F3N2O4. The van der Waals surface area contributed by atoms with E-state index in [9.17, 15) is 33.0 Å². The Balaban J connectivity index is 3.19. The van der Waals surface area contributed by atoms with E-state index in [0.29, 0.717) is 6.42 Å². The van der Waals surface area contributed by atoms with Crippen molar-refractivity contribution in [3.05, 3.63) is 27.7 Å². The Hall–Kier alpha value is -2.03. The number of hydrogen-bond acceptors (Lipinski definition) is 4. The fourth-order valence-electron chi connectivity index (χ4n) is 2.21. The summed E-state index contributed by atoms with van der Waals surface area (Å²) in [6.07, 6.45) is -7.57. The lowest BCUT2D eigenvalue weighted by Gasteiger charge is -2.22. The lowest BCUT2D eigenvalue weighted by atomic mass is 10.0. The molecule has 1 aromatic rings. The molecule has 0 fully saturated rings. The number of pyridine rings is 1. The van der Waals surface area contributed by atoms with Crippen molar-refractivity contribution in [2.75, 3.05) is 7.05 Å². The minimum absolute atomic E-state index is 0.137. The van der Waals surface area contributed by atoms with Gasteiger partial charge in [-0.15, -0.1) is 0 Å². The molecule has 1 aromatic heterocycles. The second kappa shape index (κ2) is 7.03. The van der Waals surface area contributed by atoms with Crippen LogP contribution in [0.1, 0.15) is 30.8 Å². The summed E-state index contributed by atoms with van der Waals surface area (Å²) >= 11 is 0. The fraction of sp³-hybridized carbons (Fsp3) is 0.571. The molecule has 0 saturated carbocycles. The SMILES string of the molecule is CNC(=O)[C@H](C)CCc1cc(=O)c(O)c(C(O)C(F)(F)F)n1C. The van der Waals surface area contributed by atoms with E-state index in [4.69, 9.17) is 0 Å². The normalized spacial score (nSPS) is 14.4. The number of aromatic hydroxyl groups is 1. The van der Waals surface area contributed by atoms with Gasteiger partial charge in [0.15, 0.2) is 11.9 Å². The van der Waals surface area contributed by atoms with Gasteiger partial charge < -0.3 is 20.1 Å². The summed E-state index contributed by atoms with van der Waals surface area (Å²) in [7, 11) is 2.68. The molecule has 23 heavy (non-hydrogen) atoms. The van der Waals surface area contributed by atoms with Crippen LogP contribution in [0.3, 0.4) is 0 Å². The van der Waals surface area contributed by atoms with Crippen LogP contribution < -0.4 is 10.7 Å². The van der Waals surface area contributed by atoms with Crippen molar-refractivity contribution in [2.45, 2.75) is 32.0 Å². The maximum absolute atomic E-state index is 12.7. The molecule has 0 saturated heterocycles. The molecule has 2 atom stereocenters. The molecule has 0 bridgehead atoms. The standard InChI is InChI=1S/C14H19F3N2O4/c1-7(13(23)18-2)4-5-8-6-9(20)11(21)10(19(8)3)12(22)14(15,16)17/h6-7,12,21-22H,4-5H2,1-3H3,(H,18,23)/t7-,12?/m1/s1. The van der Waals surface area contributed by atoms with Crippen molar-refractivity contribution >= 4 is 5.91 Å². The van der Waals surface area contributed by atoms with Crippen molar-refractivity contribution in [3.63, 3.8) is 0 Å². The Morgan fingerprint density at radius 1 is 1.43 bits per heavy atom. The van der Waals surface area contributed by atoms with Gasteiger partial charge in [-0.2, -0.15) is 13.2 Å². The Labute approximate surface area is 130 Å². The molecule has 6 nitrogen and oxygen atoms in total. The molecule has 0 aliphatic heterocycles. The second-order valence-corrected chi connectivity index (χ2v) is 5.29. The Morgan fingerprint density at radius 3 is 2.48 bits per heavy atom. The van der Waals surface area contributed by atoms with Gasteiger partial charge in [-0.25, -0.2) is 0 Å². The first-order chi connectivity index (χ1) is 10.5. The van der Waals surface area contributed by atoms with Crippen LogP contribution in [-0.2, 0) is 18.3 Å². The largest absolute Gasteiger partial charge is 0.503 e. The highest BCUT2D eigenvalue weighted by atomic mass is 19.4. The van der Waals surface area contributed by atoms with Crippen LogP contribution in [-0.4, -0.2) is 33.9 Å². The van der Waals surface area contributed by atoms with Crippen LogP contribution >= 0.6 is 0 Å². The van der Waals surface area contributed by atoms with E-state index in [1.165, 1.54) is 14.1 Å². The topological polar surface area (TPSA) is 91.6 Å². The van der Waals surface area contributed by atoms with Gasteiger partial charge in [0.2, 0.25) is 11.3 Å². The average Bonchev–Trinajstić information content (AvgIpc) is 2.47. The van der Waals surface area contributed by atoms with E-state index in [1.54, 1.807) is 6.92 Å². The first kappa shape index (κ1) is 19.0. The molecule has 3 N–H and O–H groups in total. The van der Waals surface area contributed by atoms with Gasteiger partial charge in [-0.05, 0) is 12.8 Å². The molecule has 0 aromatic carbocycles. The summed E-state index contributed by atoms with van der Waals surface area (Å²) in [6.45, 7) is 1.64. The van der Waals surface area contributed by atoms with Crippen LogP contribution in [0.5, 0.6) is 5.75 Å². The number of rotatable bonds is 5. The monoisotopic (exact) mass is 336 g/mol.